The van der Waals surface area contributed by atoms with Crippen LogP contribution in [0.1, 0.15) is 0 Å². The fourth-order valence-electron chi connectivity index (χ4n) is 1.17. The molecule has 0 aromatic carbocycles. The van der Waals surface area contributed by atoms with Crippen LogP contribution in [0.4, 0.5) is 10.6 Å². The molecule has 2 rings (SSSR count). The first kappa shape index (κ1) is 9.10. The van der Waals surface area contributed by atoms with Crippen LogP contribution < -0.4 is 10.3 Å². The average molecular weight is 211 g/mol. The van der Waals surface area contributed by atoms with Gasteiger partial charge >= 0.3 is 6.03 Å². The lowest BCUT2D eigenvalue weighted by molar-refractivity contribution is 0.210. The summed E-state index contributed by atoms with van der Waals surface area (Å²) in [4.78, 5) is 13.2. The fraction of sp³-hybridized carbons (Fsp3) is 0.286. The molecular formula is C7H9N5OS. The van der Waals surface area contributed by atoms with E-state index < -0.39 is 0 Å². The zero-order chi connectivity index (χ0) is 9.97. The molecule has 2 amide bonds. The van der Waals surface area contributed by atoms with Crippen LogP contribution in [0.25, 0.3) is 0 Å². The molecule has 0 radical (unpaired) electrons. The number of nitrogens with one attached hydrogen (secondary N) is 1. The van der Waals surface area contributed by atoms with E-state index in [4.69, 9.17) is 0 Å². The quantitative estimate of drug-likeness (QED) is 0.736. The summed E-state index contributed by atoms with van der Waals surface area (Å²) in [5.41, 5.74) is 2.92. The zero-order valence-corrected chi connectivity index (χ0v) is 8.20. The molecule has 2 heterocycles. The average Bonchev–Trinajstić information content (AvgIpc) is 2.77. The molecule has 6 nitrogen and oxygen atoms in total. The molecule has 0 saturated carbocycles. The normalized spacial score (nSPS) is 16.4. The van der Waals surface area contributed by atoms with Gasteiger partial charge in [-0.05, 0) is 11.5 Å². The Hall–Kier alpha value is -1.47. The Morgan fingerprint density at radius 2 is 2.64 bits per heavy atom. The third-order valence-corrected chi connectivity index (χ3v) is 2.31. The van der Waals surface area contributed by atoms with Crippen LogP contribution in [0.15, 0.2) is 18.0 Å². The molecular weight excluding hydrogens is 202 g/mol. The minimum atomic E-state index is -0.127. The molecule has 1 aliphatic rings. The SMILES string of the molecule is C=CCN1NCN(c2csnn2)C1=O. The fourth-order valence-corrected chi connectivity index (χ4v) is 1.61. The van der Waals surface area contributed by atoms with Crippen LogP contribution in [0.5, 0.6) is 0 Å². The lowest BCUT2D eigenvalue weighted by Crippen LogP contribution is -2.35. The number of rotatable bonds is 3. The van der Waals surface area contributed by atoms with Gasteiger partial charge in [-0.3, -0.25) is 9.91 Å². The topological polar surface area (TPSA) is 61.4 Å². The van der Waals surface area contributed by atoms with Gasteiger partial charge in [0.2, 0.25) is 0 Å². The van der Waals surface area contributed by atoms with Crippen LogP contribution in [0.3, 0.4) is 0 Å². The van der Waals surface area contributed by atoms with Gasteiger partial charge in [0.1, 0.15) is 0 Å². The van der Waals surface area contributed by atoms with Crippen molar-refractivity contribution in [2.75, 3.05) is 18.1 Å². The number of hydrogen-bond acceptors (Lipinski definition) is 5. The van der Waals surface area contributed by atoms with Crippen LogP contribution in [-0.4, -0.2) is 33.8 Å². The molecule has 1 aromatic heterocycles. The monoisotopic (exact) mass is 211 g/mol. The maximum atomic E-state index is 11.7. The molecule has 1 N–H and O–H groups in total. The van der Waals surface area contributed by atoms with Crippen LogP contribution in [-0.2, 0) is 0 Å². The minimum Gasteiger partial charge on any atom is -0.260 e. The maximum Gasteiger partial charge on any atom is 0.341 e. The lowest BCUT2D eigenvalue weighted by Gasteiger charge is -2.12. The highest BCUT2D eigenvalue weighted by Crippen LogP contribution is 2.15. The maximum absolute atomic E-state index is 11.7. The first-order valence-electron chi connectivity index (χ1n) is 4.03. The van der Waals surface area contributed by atoms with Crippen LogP contribution in [0, 0.1) is 0 Å². The standard InChI is InChI=1S/C7H9N5OS/c1-2-3-12-7(13)11(5-8-12)6-4-14-10-9-6/h2,4,8H,1,3,5H2. The van der Waals surface area contributed by atoms with Gasteiger partial charge in [0.25, 0.3) is 0 Å². The van der Waals surface area contributed by atoms with Crippen molar-refractivity contribution in [3.05, 3.63) is 18.0 Å². The highest BCUT2D eigenvalue weighted by molar-refractivity contribution is 7.03. The Bertz CT molecular complexity index is 338. The molecule has 0 bridgehead atoms. The van der Waals surface area contributed by atoms with E-state index in [1.807, 2.05) is 0 Å². The van der Waals surface area contributed by atoms with Crippen molar-refractivity contribution in [3.63, 3.8) is 0 Å². The number of hydrazine groups is 1. The Labute approximate surface area is 85.0 Å². The molecule has 1 fully saturated rings. The number of aromatic nitrogens is 2. The number of nitrogens with zero attached hydrogens (tertiary/aromatic N) is 4. The van der Waals surface area contributed by atoms with Crippen molar-refractivity contribution < 1.29 is 4.79 Å². The second-order valence-electron chi connectivity index (χ2n) is 2.69. The van der Waals surface area contributed by atoms with E-state index in [-0.39, 0.29) is 6.03 Å². The van der Waals surface area contributed by atoms with Crippen LogP contribution >= 0.6 is 11.5 Å². The lowest BCUT2D eigenvalue weighted by atomic mass is 10.6. The summed E-state index contributed by atoms with van der Waals surface area (Å²) in [6, 6.07) is -0.127. The molecule has 7 heteroatoms. The number of amides is 2. The van der Waals surface area contributed by atoms with E-state index in [2.05, 4.69) is 21.6 Å². The van der Waals surface area contributed by atoms with E-state index in [9.17, 15) is 4.79 Å². The summed E-state index contributed by atoms with van der Waals surface area (Å²) in [6.07, 6.45) is 1.66. The van der Waals surface area contributed by atoms with Crippen molar-refractivity contribution >= 4 is 23.4 Å². The number of hydrogen-bond donors (Lipinski definition) is 1. The van der Waals surface area contributed by atoms with Crippen molar-refractivity contribution in [2.45, 2.75) is 0 Å². The van der Waals surface area contributed by atoms with E-state index in [0.717, 1.165) is 0 Å². The van der Waals surface area contributed by atoms with Gasteiger partial charge in [0, 0.05) is 0 Å². The number of carbonyl (C=O) groups is 1. The molecule has 1 aromatic rings. The molecule has 0 spiro atoms. The number of carbonyl (C=O) groups excluding carboxylic acids is 1. The highest BCUT2D eigenvalue weighted by Gasteiger charge is 2.29. The Balaban J connectivity index is 2.11. The first-order chi connectivity index (χ1) is 6.83. The Morgan fingerprint density at radius 1 is 1.79 bits per heavy atom. The van der Waals surface area contributed by atoms with Gasteiger partial charge in [-0.2, -0.15) is 0 Å². The molecule has 74 valence electrons. The largest absolute Gasteiger partial charge is 0.341 e. The molecule has 0 atom stereocenters. The van der Waals surface area contributed by atoms with Crippen LogP contribution in [0.2, 0.25) is 0 Å². The summed E-state index contributed by atoms with van der Waals surface area (Å²) in [7, 11) is 0. The third-order valence-electron chi connectivity index (χ3n) is 1.82. The van der Waals surface area contributed by atoms with E-state index >= 15 is 0 Å². The molecule has 1 aliphatic heterocycles. The van der Waals surface area contributed by atoms with Gasteiger partial charge in [0.15, 0.2) is 5.82 Å². The van der Waals surface area contributed by atoms with Crippen molar-refractivity contribution in [1.29, 1.82) is 0 Å². The van der Waals surface area contributed by atoms with E-state index in [0.29, 0.717) is 19.0 Å². The summed E-state index contributed by atoms with van der Waals surface area (Å²) >= 11 is 1.22. The van der Waals surface area contributed by atoms with E-state index in [1.165, 1.54) is 21.4 Å². The molecule has 1 saturated heterocycles. The minimum absolute atomic E-state index is 0.127. The Kier molecular flexibility index (Phi) is 2.42. The summed E-state index contributed by atoms with van der Waals surface area (Å²) in [5, 5.41) is 7.04. The van der Waals surface area contributed by atoms with E-state index in [1.54, 1.807) is 11.5 Å². The van der Waals surface area contributed by atoms with Crippen molar-refractivity contribution in [1.82, 2.24) is 20.0 Å². The summed E-state index contributed by atoms with van der Waals surface area (Å²) < 4.78 is 3.70. The summed E-state index contributed by atoms with van der Waals surface area (Å²) in [6.45, 7) is 4.48. The van der Waals surface area contributed by atoms with Gasteiger partial charge in [0.05, 0.1) is 18.6 Å². The zero-order valence-electron chi connectivity index (χ0n) is 7.38. The summed E-state index contributed by atoms with van der Waals surface area (Å²) in [5.74, 6) is 0.582. The van der Waals surface area contributed by atoms with Gasteiger partial charge in [-0.25, -0.2) is 10.2 Å². The smallest absolute Gasteiger partial charge is 0.260 e. The predicted octanol–water partition coefficient (Wildman–Crippen LogP) is 0.428. The van der Waals surface area contributed by atoms with Crippen molar-refractivity contribution in [2.24, 2.45) is 0 Å². The molecule has 14 heavy (non-hydrogen) atoms. The molecule has 0 aliphatic carbocycles. The Morgan fingerprint density at radius 3 is 3.29 bits per heavy atom. The van der Waals surface area contributed by atoms with Gasteiger partial charge in [-0.1, -0.05) is 10.6 Å². The van der Waals surface area contributed by atoms with Crippen molar-refractivity contribution in [3.8, 4) is 0 Å². The first-order valence-corrected chi connectivity index (χ1v) is 4.87. The predicted molar refractivity (Wildman–Crippen MR) is 52.7 cm³/mol. The number of anilines is 1. The second-order valence-corrected chi connectivity index (χ2v) is 3.30. The van der Waals surface area contributed by atoms with Gasteiger partial charge < -0.3 is 0 Å². The second kappa shape index (κ2) is 3.72. The number of urea groups is 1. The van der Waals surface area contributed by atoms with Gasteiger partial charge in [-0.15, -0.1) is 11.7 Å². The highest BCUT2D eigenvalue weighted by atomic mass is 32.1. The third kappa shape index (κ3) is 1.47. The molecule has 0 unspecified atom stereocenters.